The number of ether oxygens (including phenoxy) is 1. The maximum absolute atomic E-state index is 13.6. The highest BCUT2D eigenvalue weighted by Gasteiger charge is 2.23. The van der Waals surface area contributed by atoms with Gasteiger partial charge in [-0.15, -0.1) is 0 Å². The van der Waals surface area contributed by atoms with Gasteiger partial charge < -0.3 is 14.6 Å². The number of para-hydroxylation sites is 1. The van der Waals surface area contributed by atoms with Crippen molar-refractivity contribution in [3.63, 3.8) is 0 Å². The molecule has 6 aromatic rings. The first-order chi connectivity index (χ1) is 21.5. The molecule has 0 aliphatic rings. The quantitative estimate of drug-likeness (QED) is 0.161. The predicted molar refractivity (Wildman–Crippen MR) is 173 cm³/mol. The zero-order chi connectivity index (χ0) is 30.3. The summed E-state index contributed by atoms with van der Waals surface area (Å²) >= 11 is 6.06. The Bertz CT molecular complexity index is 1850. The van der Waals surface area contributed by atoms with Crippen LogP contribution in [0.1, 0.15) is 34.7 Å². The molecule has 0 saturated heterocycles. The van der Waals surface area contributed by atoms with E-state index in [9.17, 15) is 9.18 Å². The molecule has 220 valence electrons. The highest BCUT2D eigenvalue weighted by atomic mass is 35.5. The van der Waals surface area contributed by atoms with E-state index in [-0.39, 0.29) is 24.1 Å². The lowest BCUT2D eigenvalue weighted by atomic mass is 9.88. The highest BCUT2D eigenvalue weighted by molar-refractivity contribution is 6.30. The number of rotatable bonds is 11. The number of aromatic nitrogens is 2. The minimum atomic E-state index is -0.262. The van der Waals surface area contributed by atoms with Gasteiger partial charge in [0.25, 0.3) is 0 Å². The Morgan fingerprint density at radius 2 is 1.68 bits per heavy atom. The van der Waals surface area contributed by atoms with Gasteiger partial charge in [-0.1, -0.05) is 60.1 Å². The Morgan fingerprint density at radius 3 is 2.48 bits per heavy atom. The average Bonchev–Trinajstić information content (AvgIpc) is 3.40. The molecule has 0 spiro atoms. The molecule has 0 saturated carbocycles. The second kappa shape index (κ2) is 13.6. The van der Waals surface area contributed by atoms with E-state index < -0.39 is 0 Å². The van der Waals surface area contributed by atoms with Crippen LogP contribution in [0.25, 0.3) is 10.9 Å². The topological polar surface area (TPSA) is 56.1 Å². The van der Waals surface area contributed by atoms with Crippen molar-refractivity contribution in [3.8, 4) is 11.5 Å². The van der Waals surface area contributed by atoms with Gasteiger partial charge in [-0.2, -0.15) is 0 Å². The van der Waals surface area contributed by atoms with Crippen LogP contribution in [-0.4, -0.2) is 22.0 Å². The summed E-state index contributed by atoms with van der Waals surface area (Å²) < 4.78 is 21.9. The van der Waals surface area contributed by atoms with Crippen molar-refractivity contribution in [1.29, 1.82) is 0 Å². The summed E-state index contributed by atoms with van der Waals surface area (Å²) in [5.74, 6) is 0.775. The Balaban J connectivity index is 1.33. The molecule has 44 heavy (non-hydrogen) atoms. The first-order valence-corrected chi connectivity index (χ1v) is 14.9. The molecule has 1 amide bonds. The fourth-order valence-corrected chi connectivity index (χ4v) is 5.57. The van der Waals surface area contributed by atoms with Crippen molar-refractivity contribution in [2.45, 2.75) is 25.3 Å². The third-order valence-corrected chi connectivity index (χ3v) is 7.84. The minimum Gasteiger partial charge on any atom is -0.457 e. The highest BCUT2D eigenvalue weighted by Crippen LogP contribution is 2.37. The molecule has 6 rings (SSSR count). The van der Waals surface area contributed by atoms with E-state index in [2.05, 4.69) is 33.2 Å². The Morgan fingerprint density at radius 1 is 0.886 bits per heavy atom. The third kappa shape index (κ3) is 7.16. The lowest BCUT2D eigenvalue weighted by Crippen LogP contribution is -2.27. The average molecular weight is 604 g/mol. The molecular formula is C37H31ClFN3O2. The van der Waals surface area contributed by atoms with E-state index in [1.807, 2.05) is 66.7 Å². The number of benzene rings is 4. The summed E-state index contributed by atoms with van der Waals surface area (Å²) in [4.78, 5) is 17.8. The molecule has 0 bridgehead atoms. The number of carbonyl (C=O) groups is 1. The minimum absolute atomic E-state index is 0.0506. The number of pyridine rings is 1. The van der Waals surface area contributed by atoms with E-state index in [0.717, 1.165) is 33.3 Å². The van der Waals surface area contributed by atoms with Crippen LogP contribution in [0, 0.1) is 5.82 Å². The molecule has 0 unspecified atom stereocenters. The lowest BCUT2D eigenvalue weighted by Gasteiger charge is -2.18. The van der Waals surface area contributed by atoms with E-state index in [1.165, 1.54) is 12.1 Å². The van der Waals surface area contributed by atoms with Crippen molar-refractivity contribution in [3.05, 3.63) is 161 Å². The first-order valence-electron chi connectivity index (χ1n) is 14.5. The van der Waals surface area contributed by atoms with E-state index in [4.69, 9.17) is 16.3 Å². The van der Waals surface area contributed by atoms with Crippen LogP contribution in [0.3, 0.4) is 0 Å². The number of amides is 1. The second-order valence-electron chi connectivity index (χ2n) is 10.7. The normalized spacial score (nSPS) is 11.8. The summed E-state index contributed by atoms with van der Waals surface area (Å²) in [5.41, 5.74) is 4.95. The molecule has 7 heteroatoms. The van der Waals surface area contributed by atoms with Gasteiger partial charge in [-0.3, -0.25) is 9.78 Å². The number of hydrogen-bond acceptors (Lipinski definition) is 3. The summed E-state index contributed by atoms with van der Waals surface area (Å²) in [6.07, 6.45) is 4.77. The summed E-state index contributed by atoms with van der Waals surface area (Å²) in [6, 6.07) is 35.6. The van der Waals surface area contributed by atoms with Gasteiger partial charge in [0.05, 0.1) is 0 Å². The van der Waals surface area contributed by atoms with Crippen LogP contribution in [0.4, 0.5) is 4.39 Å². The molecule has 0 fully saturated rings. The fourth-order valence-electron chi connectivity index (χ4n) is 5.44. The molecule has 0 aliphatic heterocycles. The largest absolute Gasteiger partial charge is 0.457 e. The summed E-state index contributed by atoms with van der Waals surface area (Å²) in [7, 11) is 0. The lowest BCUT2D eigenvalue weighted by molar-refractivity contribution is -0.121. The van der Waals surface area contributed by atoms with E-state index >= 15 is 0 Å². The smallest absolute Gasteiger partial charge is 0.220 e. The molecule has 1 atom stereocenters. The predicted octanol–water partition coefficient (Wildman–Crippen LogP) is 8.55. The van der Waals surface area contributed by atoms with Crippen molar-refractivity contribution in [1.82, 2.24) is 14.9 Å². The zero-order valence-corrected chi connectivity index (χ0v) is 24.8. The van der Waals surface area contributed by atoms with Gasteiger partial charge in [0.2, 0.25) is 5.91 Å². The fraction of sp³-hybridized carbons (Fsp3) is 0.135. The van der Waals surface area contributed by atoms with Gasteiger partial charge >= 0.3 is 0 Å². The second-order valence-corrected chi connectivity index (χ2v) is 11.1. The Hall–Kier alpha value is -4.94. The maximum Gasteiger partial charge on any atom is 0.220 e. The summed E-state index contributed by atoms with van der Waals surface area (Å²) in [5, 5.41) is 4.79. The Labute approximate surface area is 260 Å². The SMILES string of the molecule is O=C(C[C@@H](c1cccc(Oc2ccc(Cl)cc2)c1)c1cn(Cc2ccc(F)cc2)c2ccccc12)NCCc1ccccn1. The van der Waals surface area contributed by atoms with Crippen LogP contribution in [0.2, 0.25) is 5.02 Å². The van der Waals surface area contributed by atoms with Crippen molar-refractivity contribution in [2.24, 2.45) is 0 Å². The van der Waals surface area contributed by atoms with Crippen LogP contribution in [0.15, 0.2) is 128 Å². The first kappa shape index (κ1) is 29.1. The molecule has 1 N–H and O–H groups in total. The molecule has 0 radical (unpaired) electrons. The number of halogens is 2. The molecule has 5 nitrogen and oxygen atoms in total. The number of nitrogens with one attached hydrogen (secondary N) is 1. The van der Waals surface area contributed by atoms with Gasteiger partial charge in [0.1, 0.15) is 17.3 Å². The van der Waals surface area contributed by atoms with Crippen LogP contribution < -0.4 is 10.1 Å². The van der Waals surface area contributed by atoms with Crippen LogP contribution in [0.5, 0.6) is 11.5 Å². The zero-order valence-electron chi connectivity index (χ0n) is 24.0. The molecule has 0 aliphatic carbocycles. The van der Waals surface area contributed by atoms with Crippen LogP contribution in [-0.2, 0) is 17.8 Å². The van der Waals surface area contributed by atoms with Gasteiger partial charge in [0.15, 0.2) is 0 Å². The standard InChI is InChI=1S/C37H31ClFN3O2/c38-28-13-17-31(18-14-28)44-32-8-5-6-27(22-32)34(23-37(43)41-21-19-30-7-3-4-20-40-30)35-25-42(36-10-2-1-9-33(35)36)24-26-11-15-29(39)16-12-26/h1-18,20,22,25,34H,19,21,23-24H2,(H,41,43)/t34-/m0/s1. The number of carbonyl (C=O) groups excluding carboxylic acids is 1. The van der Waals surface area contributed by atoms with Gasteiger partial charge in [-0.05, 0) is 83.4 Å². The van der Waals surface area contributed by atoms with Gasteiger partial charge in [0, 0.05) is 65.9 Å². The number of hydrogen-bond donors (Lipinski definition) is 1. The molecule has 4 aromatic carbocycles. The Kier molecular flexibility index (Phi) is 8.99. The van der Waals surface area contributed by atoms with Crippen molar-refractivity contribution < 1.29 is 13.9 Å². The van der Waals surface area contributed by atoms with E-state index in [0.29, 0.717) is 36.0 Å². The summed E-state index contributed by atoms with van der Waals surface area (Å²) in [6.45, 7) is 1.07. The molecule has 2 heterocycles. The molecule has 2 aromatic heterocycles. The van der Waals surface area contributed by atoms with Crippen molar-refractivity contribution in [2.75, 3.05) is 6.54 Å². The number of nitrogens with zero attached hydrogens (tertiary/aromatic N) is 2. The number of fused-ring (bicyclic) bond motifs is 1. The third-order valence-electron chi connectivity index (χ3n) is 7.59. The van der Waals surface area contributed by atoms with Crippen molar-refractivity contribution >= 4 is 28.4 Å². The van der Waals surface area contributed by atoms with Gasteiger partial charge in [-0.25, -0.2) is 4.39 Å². The monoisotopic (exact) mass is 603 g/mol. The molecular weight excluding hydrogens is 573 g/mol. The van der Waals surface area contributed by atoms with E-state index in [1.54, 1.807) is 30.5 Å². The maximum atomic E-state index is 13.6. The van der Waals surface area contributed by atoms with Crippen LogP contribution >= 0.6 is 11.6 Å².